The Balaban J connectivity index is 1.82. The third-order valence-corrected chi connectivity index (χ3v) is 5.29. The van der Waals surface area contributed by atoms with E-state index in [-0.39, 0.29) is 16.5 Å². The monoisotopic (exact) mass is 423 g/mol. The Hall–Kier alpha value is -2.71. The first kappa shape index (κ1) is 18.6. The summed E-state index contributed by atoms with van der Waals surface area (Å²) in [5.74, 6) is -0.0552. The zero-order valence-corrected chi connectivity index (χ0v) is 15.5. The molecule has 4 rings (SSSR count). The molecule has 0 spiro atoms. The van der Waals surface area contributed by atoms with Gasteiger partial charge < -0.3 is 5.32 Å². The number of aromatic nitrogens is 2. The molecule has 3 nitrogen and oxygen atoms in total. The van der Waals surface area contributed by atoms with Crippen LogP contribution in [0.3, 0.4) is 0 Å². The van der Waals surface area contributed by atoms with E-state index in [1.807, 2.05) is 5.38 Å². The topological polar surface area (TPSA) is 37.8 Å². The fraction of sp³-hybridized carbons (Fsp3) is 0.0526. The normalized spacial score (nSPS) is 11.8. The highest BCUT2D eigenvalue weighted by molar-refractivity contribution is 7.17. The molecule has 0 aliphatic rings. The highest BCUT2D eigenvalue weighted by Gasteiger charge is 2.31. The van der Waals surface area contributed by atoms with Gasteiger partial charge in [-0.15, -0.1) is 11.3 Å². The quantitative estimate of drug-likeness (QED) is 0.364. The molecule has 0 saturated heterocycles. The second kappa shape index (κ2) is 7.03. The lowest BCUT2D eigenvalue weighted by atomic mass is 10.1. The van der Waals surface area contributed by atoms with Crippen molar-refractivity contribution < 1.29 is 17.6 Å². The number of hydrogen-bond donors (Lipinski definition) is 1. The lowest BCUT2D eigenvalue weighted by Gasteiger charge is -2.13. The maximum Gasteiger partial charge on any atom is 0.416 e. The van der Waals surface area contributed by atoms with Crippen molar-refractivity contribution in [2.75, 3.05) is 5.32 Å². The van der Waals surface area contributed by atoms with Crippen molar-refractivity contribution >= 4 is 44.7 Å². The Kier molecular flexibility index (Phi) is 4.68. The van der Waals surface area contributed by atoms with Gasteiger partial charge in [0.2, 0.25) is 0 Å². The van der Waals surface area contributed by atoms with Crippen LogP contribution in [0.15, 0.2) is 54.2 Å². The number of benzene rings is 2. The van der Waals surface area contributed by atoms with Gasteiger partial charge in [0, 0.05) is 10.9 Å². The number of rotatable bonds is 3. The number of halogens is 5. The predicted molar refractivity (Wildman–Crippen MR) is 103 cm³/mol. The van der Waals surface area contributed by atoms with Crippen molar-refractivity contribution in [2.24, 2.45) is 0 Å². The lowest BCUT2D eigenvalue weighted by Crippen LogP contribution is -2.06. The molecule has 0 unspecified atom stereocenters. The van der Waals surface area contributed by atoms with Crippen molar-refractivity contribution in [1.29, 1.82) is 0 Å². The van der Waals surface area contributed by atoms with Gasteiger partial charge in [-0.1, -0.05) is 23.7 Å². The Morgan fingerprint density at radius 1 is 1.00 bits per heavy atom. The summed E-state index contributed by atoms with van der Waals surface area (Å²) in [6.07, 6.45) is -3.18. The van der Waals surface area contributed by atoms with Gasteiger partial charge in [0.25, 0.3) is 0 Å². The molecule has 28 heavy (non-hydrogen) atoms. The maximum absolute atomic E-state index is 13.2. The van der Waals surface area contributed by atoms with E-state index in [4.69, 9.17) is 11.6 Å². The molecule has 0 saturated carbocycles. The number of nitrogens with one attached hydrogen (secondary N) is 1. The van der Waals surface area contributed by atoms with Crippen molar-refractivity contribution in [1.82, 2.24) is 9.97 Å². The number of anilines is 2. The molecule has 4 aromatic rings. The minimum Gasteiger partial charge on any atom is -0.338 e. The van der Waals surface area contributed by atoms with Crippen molar-refractivity contribution in [3.8, 4) is 11.1 Å². The molecule has 0 fully saturated rings. The van der Waals surface area contributed by atoms with E-state index in [1.165, 1.54) is 35.9 Å². The fourth-order valence-electron chi connectivity index (χ4n) is 2.74. The maximum atomic E-state index is 13.2. The molecule has 2 aromatic carbocycles. The van der Waals surface area contributed by atoms with Crippen LogP contribution in [0.1, 0.15) is 5.56 Å². The fourth-order valence-corrected chi connectivity index (χ4v) is 3.82. The number of alkyl halides is 3. The third-order valence-electron chi connectivity index (χ3n) is 4.07. The van der Waals surface area contributed by atoms with Crippen LogP contribution in [0.4, 0.5) is 29.1 Å². The summed E-state index contributed by atoms with van der Waals surface area (Å²) >= 11 is 7.43. The van der Waals surface area contributed by atoms with Gasteiger partial charge in [-0.05, 0) is 35.9 Å². The van der Waals surface area contributed by atoms with E-state index < -0.39 is 11.7 Å². The molecule has 2 aromatic heterocycles. The van der Waals surface area contributed by atoms with Gasteiger partial charge in [0.15, 0.2) is 0 Å². The smallest absolute Gasteiger partial charge is 0.338 e. The molecule has 0 amide bonds. The van der Waals surface area contributed by atoms with Gasteiger partial charge in [-0.2, -0.15) is 13.2 Å². The van der Waals surface area contributed by atoms with Gasteiger partial charge >= 0.3 is 6.18 Å². The first-order chi connectivity index (χ1) is 13.3. The van der Waals surface area contributed by atoms with Crippen LogP contribution < -0.4 is 5.32 Å². The molecule has 0 bridgehead atoms. The van der Waals surface area contributed by atoms with Crippen LogP contribution in [0.25, 0.3) is 21.3 Å². The van der Waals surface area contributed by atoms with Crippen LogP contribution >= 0.6 is 22.9 Å². The molecule has 2 heterocycles. The summed E-state index contributed by atoms with van der Waals surface area (Å²) in [4.78, 5) is 9.03. The molecule has 1 N–H and O–H groups in total. The summed E-state index contributed by atoms with van der Waals surface area (Å²) in [6.45, 7) is 0. The third kappa shape index (κ3) is 3.53. The van der Waals surface area contributed by atoms with Gasteiger partial charge in [-0.25, -0.2) is 14.4 Å². The molecule has 0 aliphatic carbocycles. The van der Waals surface area contributed by atoms with E-state index >= 15 is 0 Å². The van der Waals surface area contributed by atoms with Crippen molar-refractivity contribution in [3.63, 3.8) is 0 Å². The van der Waals surface area contributed by atoms with Crippen LogP contribution in [0.2, 0.25) is 5.02 Å². The number of nitrogens with zero attached hydrogens (tertiary/aromatic N) is 2. The summed E-state index contributed by atoms with van der Waals surface area (Å²) in [7, 11) is 0. The largest absolute Gasteiger partial charge is 0.416 e. The Morgan fingerprint density at radius 2 is 1.75 bits per heavy atom. The van der Waals surface area contributed by atoms with Gasteiger partial charge in [-0.3, -0.25) is 0 Å². The SMILES string of the molecule is Fc1ccc(-c2csc3ncnc(Nc4cc(C(F)(F)F)ccc4Cl)c23)cc1. The molecule has 0 aliphatic heterocycles. The molecular weight excluding hydrogens is 414 g/mol. The molecule has 0 atom stereocenters. The number of thiophene rings is 1. The molecule has 142 valence electrons. The second-order valence-corrected chi connectivity index (χ2v) is 7.14. The molecular formula is C19H10ClF4N3S. The van der Waals surface area contributed by atoms with E-state index in [9.17, 15) is 17.6 Å². The van der Waals surface area contributed by atoms with Gasteiger partial charge in [0.05, 0.1) is 21.7 Å². The highest BCUT2D eigenvalue weighted by Crippen LogP contribution is 2.39. The number of fused-ring (bicyclic) bond motifs is 1. The molecule has 9 heteroatoms. The van der Waals surface area contributed by atoms with E-state index in [0.717, 1.165) is 23.3 Å². The van der Waals surface area contributed by atoms with Crippen molar-refractivity contribution in [2.45, 2.75) is 6.18 Å². The number of hydrogen-bond acceptors (Lipinski definition) is 4. The Morgan fingerprint density at radius 3 is 2.46 bits per heavy atom. The standard InChI is InChI=1S/C19H10ClF4N3S/c20-14-6-3-11(19(22,23)24)7-15(14)27-17-16-13(8-28-18(16)26-9-25-17)10-1-4-12(21)5-2-10/h1-9H,(H,25,26,27). The predicted octanol–water partition coefficient (Wildman–Crippen LogP) is 6.91. The minimum atomic E-state index is -4.50. The summed E-state index contributed by atoms with van der Waals surface area (Å²) in [5, 5.41) is 5.47. The molecule has 0 radical (unpaired) electrons. The van der Waals surface area contributed by atoms with Crippen LogP contribution in [0.5, 0.6) is 0 Å². The first-order valence-corrected chi connectivity index (χ1v) is 9.20. The first-order valence-electron chi connectivity index (χ1n) is 7.95. The Labute approximate surface area is 165 Å². The highest BCUT2D eigenvalue weighted by atomic mass is 35.5. The summed E-state index contributed by atoms with van der Waals surface area (Å²) in [6, 6.07) is 8.92. The van der Waals surface area contributed by atoms with Crippen molar-refractivity contribution in [3.05, 3.63) is 70.6 Å². The minimum absolute atomic E-state index is 0.0766. The zero-order valence-electron chi connectivity index (χ0n) is 13.9. The van der Waals surface area contributed by atoms with E-state index in [0.29, 0.717) is 16.0 Å². The van der Waals surface area contributed by atoms with E-state index in [1.54, 1.807) is 12.1 Å². The zero-order chi connectivity index (χ0) is 19.9. The second-order valence-electron chi connectivity index (χ2n) is 5.88. The van der Waals surface area contributed by atoms with Crippen LogP contribution in [0, 0.1) is 5.82 Å². The summed E-state index contributed by atoms with van der Waals surface area (Å²) < 4.78 is 52.3. The summed E-state index contributed by atoms with van der Waals surface area (Å²) in [5.41, 5.74) is 0.730. The Bertz CT molecular complexity index is 1160. The van der Waals surface area contributed by atoms with Crippen LogP contribution in [-0.4, -0.2) is 9.97 Å². The average Bonchev–Trinajstić information content (AvgIpc) is 3.08. The average molecular weight is 424 g/mol. The van der Waals surface area contributed by atoms with Crippen LogP contribution in [-0.2, 0) is 6.18 Å². The van der Waals surface area contributed by atoms with Gasteiger partial charge in [0.1, 0.15) is 22.8 Å². The van der Waals surface area contributed by atoms with E-state index in [2.05, 4.69) is 15.3 Å². The lowest BCUT2D eigenvalue weighted by molar-refractivity contribution is -0.137.